The van der Waals surface area contributed by atoms with Crippen molar-refractivity contribution in [3.8, 4) is 0 Å². The minimum atomic E-state index is -0.133. The van der Waals surface area contributed by atoms with Crippen LogP contribution in [0.25, 0.3) is 0 Å². The predicted octanol–water partition coefficient (Wildman–Crippen LogP) is -0.0739. The number of carbonyl (C=O) groups excluding carboxylic acids is 2. The lowest BCUT2D eigenvalue weighted by Gasteiger charge is -2.29. The highest BCUT2D eigenvalue weighted by Crippen LogP contribution is 2.19. The minimum absolute atomic E-state index is 0.0125. The number of carbonyl (C=O) groups is 2. The van der Waals surface area contributed by atoms with Crippen LogP contribution in [0, 0.1) is 0 Å². The van der Waals surface area contributed by atoms with Crippen molar-refractivity contribution in [2.45, 2.75) is 44.2 Å². The molecule has 2 rings (SSSR count). The molecule has 0 saturated heterocycles. The summed E-state index contributed by atoms with van der Waals surface area (Å²) in [5.41, 5.74) is 5.79. The first-order chi connectivity index (χ1) is 10.1. The molecule has 0 aromatic carbocycles. The first-order valence-electron chi connectivity index (χ1n) is 7.38. The summed E-state index contributed by atoms with van der Waals surface area (Å²) in [6, 6.07) is 2.06. The maximum atomic E-state index is 12.0. The molecule has 1 aliphatic carbocycles. The largest absolute Gasteiger partial charge is 0.353 e. The van der Waals surface area contributed by atoms with Gasteiger partial charge in [0.05, 0.1) is 0 Å². The van der Waals surface area contributed by atoms with Crippen molar-refractivity contribution < 1.29 is 9.59 Å². The van der Waals surface area contributed by atoms with E-state index >= 15 is 0 Å². The number of aromatic nitrogens is 2. The van der Waals surface area contributed by atoms with E-state index in [-0.39, 0.29) is 23.9 Å². The highest BCUT2D eigenvalue weighted by atomic mass is 16.2. The average molecular weight is 293 g/mol. The number of hydrogen-bond donors (Lipinski definition) is 3. The summed E-state index contributed by atoms with van der Waals surface area (Å²) in [5.74, 6) is -0.121. The second-order valence-corrected chi connectivity index (χ2v) is 5.50. The van der Waals surface area contributed by atoms with E-state index in [0.29, 0.717) is 18.7 Å². The Balaban J connectivity index is 1.74. The van der Waals surface area contributed by atoms with E-state index in [2.05, 4.69) is 15.7 Å². The van der Waals surface area contributed by atoms with Gasteiger partial charge < -0.3 is 16.4 Å². The first kappa shape index (κ1) is 15.5. The standard InChI is InChI=1S/C14H23N5O2/c1-19-9-7-12(18-19)14(21)17-11-4-2-10(3-5-11)16-13(20)6-8-15/h7,9-11H,2-6,8,15H2,1H3,(H,16,20)(H,17,21). The fraction of sp³-hybridized carbons (Fsp3) is 0.643. The van der Waals surface area contributed by atoms with Gasteiger partial charge in [-0.1, -0.05) is 0 Å². The van der Waals surface area contributed by atoms with Gasteiger partial charge in [-0.3, -0.25) is 14.3 Å². The molecule has 116 valence electrons. The molecule has 2 amide bonds. The van der Waals surface area contributed by atoms with Gasteiger partial charge in [0.25, 0.3) is 5.91 Å². The molecule has 7 heteroatoms. The molecule has 1 aromatic heterocycles. The molecular formula is C14H23N5O2. The number of nitrogens with zero attached hydrogens (tertiary/aromatic N) is 2. The Kier molecular flexibility index (Phi) is 5.32. The van der Waals surface area contributed by atoms with Crippen molar-refractivity contribution >= 4 is 11.8 Å². The molecule has 0 spiro atoms. The van der Waals surface area contributed by atoms with Crippen molar-refractivity contribution in [1.82, 2.24) is 20.4 Å². The van der Waals surface area contributed by atoms with Crippen LogP contribution in [0.2, 0.25) is 0 Å². The third-order valence-electron chi connectivity index (χ3n) is 3.75. The molecule has 1 saturated carbocycles. The molecule has 1 heterocycles. The zero-order valence-corrected chi connectivity index (χ0v) is 12.3. The quantitative estimate of drug-likeness (QED) is 0.707. The number of aryl methyl sites for hydroxylation is 1. The van der Waals surface area contributed by atoms with Crippen LogP contribution in [0.4, 0.5) is 0 Å². The summed E-state index contributed by atoms with van der Waals surface area (Å²) in [6.07, 6.45) is 5.61. The summed E-state index contributed by atoms with van der Waals surface area (Å²) >= 11 is 0. The predicted molar refractivity (Wildman–Crippen MR) is 78.5 cm³/mol. The van der Waals surface area contributed by atoms with Crippen LogP contribution >= 0.6 is 0 Å². The van der Waals surface area contributed by atoms with Crippen LogP contribution < -0.4 is 16.4 Å². The van der Waals surface area contributed by atoms with Gasteiger partial charge >= 0.3 is 0 Å². The van der Waals surface area contributed by atoms with Gasteiger partial charge in [-0.2, -0.15) is 5.10 Å². The van der Waals surface area contributed by atoms with E-state index in [4.69, 9.17) is 5.73 Å². The van der Waals surface area contributed by atoms with E-state index < -0.39 is 0 Å². The first-order valence-corrected chi connectivity index (χ1v) is 7.38. The maximum absolute atomic E-state index is 12.0. The van der Waals surface area contributed by atoms with Crippen molar-refractivity contribution in [2.75, 3.05) is 6.54 Å². The van der Waals surface area contributed by atoms with Gasteiger partial charge in [0.2, 0.25) is 5.91 Å². The fourth-order valence-electron chi connectivity index (χ4n) is 2.61. The monoisotopic (exact) mass is 293 g/mol. The van der Waals surface area contributed by atoms with Gasteiger partial charge in [0.1, 0.15) is 5.69 Å². The molecule has 0 radical (unpaired) electrons. The van der Waals surface area contributed by atoms with Gasteiger partial charge in [-0.05, 0) is 31.7 Å². The van der Waals surface area contributed by atoms with Crippen LogP contribution in [-0.2, 0) is 11.8 Å². The van der Waals surface area contributed by atoms with Gasteiger partial charge in [-0.25, -0.2) is 0 Å². The number of amides is 2. The molecule has 0 bridgehead atoms. The summed E-state index contributed by atoms with van der Waals surface area (Å²) < 4.78 is 1.61. The van der Waals surface area contributed by atoms with Crippen LogP contribution in [0.3, 0.4) is 0 Å². The van der Waals surface area contributed by atoms with Crippen LogP contribution in [0.15, 0.2) is 12.3 Å². The Bertz CT molecular complexity index is 491. The van der Waals surface area contributed by atoms with E-state index in [1.165, 1.54) is 0 Å². The van der Waals surface area contributed by atoms with Crippen molar-refractivity contribution in [3.05, 3.63) is 18.0 Å². The smallest absolute Gasteiger partial charge is 0.271 e. The molecule has 1 fully saturated rings. The van der Waals surface area contributed by atoms with Crippen LogP contribution in [0.1, 0.15) is 42.6 Å². The Morgan fingerprint density at radius 2 is 1.90 bits per heavy atom. The highest BCUT2D eigenvalue weighted by Gasteiger charge is 2.24. The molecule has 0 aliphatic heterocycles. The second kappa shape index (κ2) is 7.21. The summed E-state index contributed by atoms with van der Waals surface area (Å²) in [7, 11) is 1.78. The number of rotatable bonds is 5. The number of hydrogen-bond acceptors (Lipinski definition) is 4. The third-order valence-corrected chi connectivity index (χ3v) is 3.75. The van der Waals surface area contributed by atoms with Crippen LogP contribution in [-0.4, -0.2) is 40.2 Å². The zero-order chi connectivity index (χ0) is 15.2. The molecular weight excluding hydrogens is 270 g/mol. The Morgan fingerprint density at radius 3 is 2.43 bits per heavy atom. The highest BCUT2D eigenvalue weighted by molar-refractivity contribution is 5.92. The lowest BCUT2D eigenvalue weighted by Crippen LogP contribution is -2.44. The van der Waals surface area contributed by atoms with E-state index in [1.807, 2.05) is 0 Å². The molecule has 7 nitrogen and oxygen atoms in total. The zero-order valence-electron chi connectivity index (χ0n) is 12.3. The molecule has 1 aliphatic rings. The van der Waals surface area contributed by atoms with Crippen LogP contribution in [0.5, 0.6) is 0 Å². The Hall–Kier alpha value is -1.89. The maximum Gasteiger partial charge on any atom is 0.271 e. The lowest BCUT2D eigenvalue weighted by atomic mass is 9.91. The SMILES string of the molecule is Cn1ccc(C(=O)NC2CCC(NC(=O)CCN)CC2)n1. The van der Waals surface area contributed by atoms with E-state index in [1.54, 1.807) is 24.0 Å². The van der Waals surface area contributed by atoms with Crippen molar-refractivity contribution in [2.24, 2.45) is 12.8 Å². The van der Waals surface area contributed by atoms with Gasteiger partial charge in [0, 0.05) is 38.3 Å². The van der Waals surface area contributed by atoms with Crippen molar-refractivity contribution in [1.29, 1.82) is 0 Å². The summed E-state index contributed by atoms with van der Waals surface area (Å²) in [5, 5.41) is 10.1. The van der Waals surface area contributed by atoms with Crippen molar-refractivity contribution in [3.63, 3.8) is 0 Å². The fourth-order valence-corrected chi connectivity index (χ4v) is 2.61. The summed E-state index contributed by atoms with van der Waals surface area (Å²) in [6.45, 7) is 0.376. The average Bonchev–Trinajstić information content (AvgIpc) is 2.88. The molecule has 1 aromatic rings. The number of nitrogens with one attached hydrogen (secondary N) is 2. The van der Waals surface area contributed by atoms with E-state index in [9.17, 15) is 9.59 Å². The second-order valence-electron chi connectivity index (χ2n) is 5.50. The van der Waals surface area contributed by atoms with Gasteiger partial charge in [0.15, 0.2) is 0 Å². The molecule has 21 heavy (non-hydrogen) atoms. The Morgan fingerprint density at radius 1 is 1.29 bits per heavy atom. The van der Waals surface area contributed by atoms with E-state index in [0.717, 1.165) is 25.7 Å². The minimum Gasteiger partial charge on any atom is -0.353 e. The Labute approximate surface area is 124 Å². The molecule has 0 unspecified atom stereocenters. The normalized spacial score (nSPS) is 21.8. The third kappa shape index (κ3) is 4.56. The topological polar surface area (TPSA) is 102 Å². The lowest BCUT2D eigenvalue weighted by molar-refractivity contribution is -0.121. The summed E-state index contributed by atoms with van der Waals surface area (Å²) in [4.78, 5) is 23.5. The number of nitrogens with two attached hydrogens (primary N) is 1. The molecule has 4 N–H and O–H groups in total. The van der Waals surface area contributed by atoms with Gasteiger partial charge in [-0.15, -0.1) is 0 Å². The molecule has 0 atom stereocenters.